The van der Waals surface area contributed by atoms with E-state index in [1.807, 2.05) is 0 Å². The summed E-state index contributed by atoms with van der Waals surface area (Å²) in [5, 5.41) is 0.934. The number of hydrogen-bond acceptors (Lipinski definition) is 0. The lowest BCUT2D eigenvalue weighted by molar-refractivity contribution is 0.793. The second-order valence-electron chi connectivity index (χ2n) is 4.54. The normalized spacial score (nSPS) is 14.6. The Hall–Kier alpha value is 0.600. The molecule has 0 nitrogen and oxygen atoms in total. The van der Waals surface area contributed by atoms with Crippen LogP contribution in [0.3, 0.4) is 0 Å². The Morgan fingerprint density at radius 3 is 0.900 bits per heavy atom. The van der Waals surface area contributed by atoms with Crippen LogP contribution in [-0.4, -0.2) is 10.3 Å². The van der Waals surface area contributed by atoms with Crippen molar-refractivity contribution < 1.29 is 0 Å². The second kappa shape index (κ2) is 3.33. The van der Waals surface area contributed by atoms with Crippen LogP contribution in [0.5, 0.6) is 0 Å². The molecule has 0 amide bonds. The fourth-order valence-corrected chi connectivity index (χ4v) is 2.70. The number of hydrogen-bond donors (Lipinski definition) is 0. The summed E-state index contributed by atoms with van der Waals surface area (Å²) < 4.78 is 0. The predicted octanol–water partition coefficient (Wildman–Crippen LogP) is 4.39. The molecule has 10 heavy (non-hydrogen) atoms. The quantitative estimate of drug-likeness (QED) is 0.480. The summed E-state index contributed by atoms with van der Waals surface area (Å²) in [5.41, 5.74) is 0. The van der Waals surface area contributed by atoms with Crippen LogP contribution >= 0.6 is 15.7 Å². The highest BCUT2D eigenvalue weighted by molar-refractivity contribution is 7.85. The Balaban J connectivity index is 4.01. The predicted molar refractivity (Wildman–Crippen MR) is 53.3 cm³/mol. The molecule has 0 aliphatic rings. The van der Waals surface area contributed by atoms with Gasteiger partial charge in [0.25, 0.3) is 0 Å². The summed E-state index contributed by atoms with van der Waals surface area (Å²) in [4.78, 5) is 0. The molecule has 0 spiro atoms. The van der Waals surface area contributed by atoms with E-state index in [1.54, 1.807) is 0 Å². The first kappa shape index (κ1) is 10.6. The highest BCUT2D eigenvalue weighted by Gasteiger charge is 2.10. The summed E-state index contributed by atoms with van der Waals surface area (Å²) in [6, 6.07) is 0. The van der Waals surface area contributed by atoms with Crippen LogP contribution in [0, 0.1) is 0 Å². The van der Waals surface area contributed by atoms with Crippen LogP contribution in [0.15, 0.2) is 0 Å². The summed E-state index contributed by atoms with van der Waals surface area (Å²) in [6.45, 7) is 13.7. The first-order valence-electron chi connectivity index (χ1n) is 3.65. The smallest absolute Gasteiger partial charge is 0.00776 e. The first-order chi connectivity index (χ1) is 4.21. The topological polar surface area (TPSA) is 0 Å². The van der Waals surface area contributed by atoms with Crippen molar-refractivity contribution in [2.75, 3.05) is 0 Å². The van der Waals surface area contributed by atoms with Crippen LogP contribution in [0.25, 0.3) is 0 Å². The Bertz CT molecular complexity index is 107. The molecule has 0 fully saturated rings. The van der Waals surface area contributed by atoms with Gasteiger partial charge in [-0.3, -0.25) is 0 Å². The van der Waals surface area contributed by atoms with Gasteiger partial charge < -0.3 is 0 Å². The fourth-order valence-electron chi connectivity index (χ4n) is 0.300. The summed E-state index contributed by atoms with van der Waals surface area (Å²) in [5.74, 6) is 0. The highest BCUT2D eigenvalue weighted by atomic mass is 31.7. The van der Waals surface area contributed by atoms with Crippen molar-refractivity contribution in [3.05, 3.63) is 0 Å². The van der Waals surface area contributed by atoms with E-state index >= 15 is 0 Å². The van der Waals surface area contributed by atoms with Gasteiger partial charge in [0.2, 0.25) is 0 Å². The van der Waals surface area contributed by atoms with Crippen LogP contribution < -0.4 is 0 Å². The van der Waals surface area contributed by atoms with Crippen LogP contribution in [0.2, 0.25) is 0 Å². The van der Waals surface area contributed by atoms with Crippen LogP contribution in [0.4, 0.5) is 0 Å². The van der Waals surface area contributed by atoms with E-state index in [0.29, 0.717) is 10.3 Å². The summed E-state index contributed by atoms with van der Waals surface area (Å²) in [6.07, 6.45) is 0. The maximum atomic E-state index is 2.29. The fraction of sp³-hybridized carbons (Fsp3) is 1.00. The summed E-state index contributed by atoms with van der Waals surface area (Å²) in [7, 11) is 3.08. The van der Waals surface area contributed by atoms with Gasteiger partial charge in [0.05, 0.1) is 0 Å². The standard InChI is InChI=1S/C8H18P2/c1-7(2,3)9-10-8(4,5)6/h1-6H3. The van der Waals surface area contributed by atoms with Gasteiger partial charge in [0.15, 0.2) is 0 Å². The van der Waals surface area contributed by atoms with Crippen molar-refractivity contribution in [2.45, 2.75) is 51.9 Å². The van der Waals surface area contributed by atoms with Gasteiger partial charge >= 0.3 is 0 Å². The lowest BCUT2D eigenvalue weighted by Crippen LogP contribution is -2.04. The second-order valence-corrected chi connectivity index (χ2v) is 8.82. The van der Waals surface area contributed by atoms with Gasteiger partial charge in [-0.1, -0.05) is 57.3 Å². The third-order valence-corrected chi connectivity index (χ3v) is 5.85. The first-order valence-corrected chi connectivity index (χ1v) is 6.14. The maximum Gasteiger partial charge on any atom is 0.00776 e. The van der Waals surface area contributed by atoms with Crippen molar-refractivity contribution in [1.29, 1.82) is 0 Å². The molecule has 0 saturated carbocycles. The molecule has 0 N–H and O–H groups in total. The molecule has 0 aliphatic carbocycles. The molecular formula is C8H18P2. The Morgan fingerprint density at radius 2 is 0.800 bits per heavy atom. The van der Waals surface area contributed by atoms with E-state index in [2.05, 4.69) is 41.5 Å². The third kappa shape index (κ3) is 8.60. The minimum atomic E-state index is 0.467. The van der Waals surface area contributed by atoms with Gasteiger partial charge in [-0.15, -0.1) is 0 Å². The van der Waals surface area contributed by atoms with Gasteiger partial charge in [0, 0.05) is 10.3 Å². The van der Waals surface area contributed by atoms with E-state index in [1.165, 1.54) is 15.7 Å². The molecule has 2 heteroatoms. The molecule has 0 unspecified atom stereocenters. The Kier molecular flexibility index (Phi) is 3.53. The number of rotatable bonds is 0. The molecular weight excluding hydrogens is 158 g/mol. The third-order valence-electron chi connectivity index (χ3n) is 0.650. The van der Waals surface area contributed by atoms with Crippen molar-refractivity contribution in [2.24, 2.45) is 0 Å². The Labute approximate surface area is 68.2 Å². The van der Waals surface area contributed by atoms with Gasteiger partial charge in [-0.05, 0) is 0 Å². The highest BCUT2D eigenvalue weighted by Crippen LogP contribution is 2.38. The van der Waals surface area contributed by atoms with Crippen LogP contribution in [0.1, 0.15) is 41.5 Å². The van der Waals surface area contributed by atoms with Gasteiger partial charge in [0.1, 0.15) is 0 Å². The van der Waals surface area contributed by atoms with Crippen molar-refractivity contribution in [3.8, 4) is 0 Å². The van der Waals surface area contributed by atoms with E-state index in [4.69, 9.17) is 0 Å². The van der Waals surface area contributed by atoms with Crippen molar-refractivity contribution in [1.82, 2.24) is 0 Å². The molecule has 0 radical (unpaired) electrons. The maximum absolute atomic E-state index is 2.29. The lowest BCUT2D eigenvalue weighted by Gasteiger charge is -2.15. The largest absolute Gasteiger partial charge is 0.0697 e. The molecule has 0 saturated heterocycles. The van der Waals surface area contributed by atoms with Gasteiger partial charge in [-0.25, -0.2) is 0 Å². The zero-order valence-electron chi connectivity index (χ0n) is 7.89. The zero-order chi connectivity index (χ0) is 8.41. The monoisotopic (exact) mass is 176 g/mol. The minimum absolute atomic E-state index is 0.467. The van der Waals surface area contributed by atoms with Crippen molar-refractivity contribution in [3.63, 3.8) is 0 Å². The molecule has 0 bridgehead atoms. The molecule has 0 rings (SSSR count). The molecule has 0 aromatic heterocycles. The Morgan fingerprint density at radius 1 is 0.600 bits per heavy atom. The van der Waals surface area contributed by atoms with E-state index < -0.39 is 0 Å². The molecule has 0 aromatic rings. The molecule has 0 aliphatic heterocycles. The SMILES string of the molecule is CC(C)(C)P=PC(C)(C)C. The average molecular weight is 176 g/mol. The zero-order valence-corrected chi connectivity index (χ0v) is 9.68. The van der Waals surface area contributed by atoms with Crippen LogP contribution in [-0.2, 0) is 0 Å². The average Bonchev–Trinajstić information content (AvgIpc) is 1.57. The minimum Gasteiger partial charge on any atom is -0.0697 e. The van der Waals surface area contributed by atoms with E-state index in [9.17, 15) is 0 Å². The summed E-state index contributed by atoms with van der Waals surface area (Å²) >= 11 is 0. The molecule has 60 valence electrons. The molecule has 0 atom stereocenters. The van der Waals surface area contributed by atoms with Gasteiger partial charge in [-0.2, -0.15) is 0 Å². The van der Waals surface area contributed by atoms with E-state index in [-0.39, 0.29) is 0 Å². The van der Waals surface area contributed by atoms with E-state index in [0.717, 1.165) is 0 Å². The van der Waals surface area contributed by atoms with Crippen molar-refractivity contribution >= 4 is 15.7 Å². The molecule has 0 aromatic carbocycles. The molecule has 0 heterocycles. The lowest BCUT2D eigenvalue weighted by atomic mass is 10.3.